The van der Waals surface area contributed by atoms with Crippen molar-refractivity contribution >= 4 is 22.9 Å². The van der Waals surface area contributed by atoms with E-state index in [4.69, 9.17) is 17.0 Å². The van der Waals surface area contributed by atoms with E-state index >= 15 is 0 Å². The summed E-state index contributed by atoms with van der Waals surface area (Å²) < 4.78 is 0.695. The summed E-state index contributed by atoms with van der Waals surface area (Å²) in [5.41, 5.74) is 6.04. The number of unbranched alkanes of at least 4 members (excludes halogenated alkanes) is 2. The van der Waals surface area contributed by atoms with E-state index in [-0.39, 0.29) is 0 Å². The number of hydrogen-bond donors (Lipinski definition) is 0. The van der Waals surface area contributed by atoms with E-state index in [0.29, 0.717) is 7.25 Å². The Labute approximate surface area is 183 Å². The summed E-state index contributed by atoms with van der Waals surface area (Å²) in [6.07, 6.45) is 19.4. The van der Waals surface area contributed by atoms with Gasteiger partial charge in [-0.05, 0) is 0 Å². The Bertz CT molecular complexity index is 633. The molecule has 2 unspecified atom stereocenters. The minimum absolute atomic E-state index is 0.348. The van der Waals surface area contributed by atoms with E-state index in [9.17, 15) is 0 Å². The number of rotatable bonds is 11. The molecule has 159 valence electrons. The predicted molar refractivity (Wildman–Crippen MR) is 130 cm³/mol. The molecule has 0 aromatic heterocycles. The fourth-order valence-electron chi connectivity index (χ4n) is 4.99. The monoisotopic (exact) mass is 517 g/mol. The molecule has 0 radical (unpaired) electrons. The first kappa shape index (κ1) is 24.9. The van der Waals surface area contributed by atoms with Crippen LogP contribution in [0, 0.1) is 0 Å². The minimum atomic E-state index is -4.16. The standard InChI is InChI=1S/2C11H17.C2H7Si.2ClH.Zr/c2*1-3-5-6-11-8-7-10(4-2)9-11;1-3-2;;;/h2*7-9H,3-6H2,1-2H3;3H,1-2H3;2*1H;/q;;;;;+2/p-2. The van der Waals surface area contributed by atoms with E-state index in [1.54, 1.807) is 11.1 Å². The molecule has 0 saturated heterocycles. The molecule has 0 bridgehead atoms. The van der Waals surface area contributed by atoms with Crippen molar-refractivity contribution in [3.05, 3.63) is 46.6 Å². The van der Waals surface area contributed by atoms with Gasteiger partial charge in [-0.3, -0.25) is 0 Å². The Balaban J connectivity index is 2.55. The molecule has 0 spiro atoms. The molecule has 0 amide bonds. The van der Waals surface area contributed by atoms with Crippen LogP contribution in [0.2, 0.25) is 20.3 Å². The van der Waals surface area contributed by atoms with Gasteiger partial charge in [0.15, 0.2) is 0 Å². The van der Waals surface area contributed by atoms with Crippen molar-refractivity contribution < 1.29 is 15.6 Å². The summed E-state index contributed by atoms with van der Waals surface area (Å²) in [5, 5.41) is 0. The Morgan fingerprint density at radius 3 is 1.46 bits per heavy atom. The maximum atomic E-state index is 8.00. The quantitative estimate of drug-likeness (QED) is 0.238. The second-order valence-electron chi connectivity index (χ2n) is 9.17. The van der Waals surface area contributed by atoms with Gasteiger partial charge in [-0.25, -0.2) is 0 Å². The molecule has 0 aromatic rings. The summed E-state index contributed by atoms with van der Waals surface area (Å²) in [6.45, 7) is 14.0. The average molecular weight is 520 g/mol. The number of hydrogen-bond acceptors (Lipinski definition) is 0. The van der Waals surface area contributed by atoms with Crippen molar-refractivity contribution in [1.82, 2.24) is 0 Å². The predicted octanol–water partition coefficient (Wildman–Crippen LogP) is 9.48. The zero-order valence-corrected chi connectivity index (χ0v) is 24.1. The summed E-state index contributed by atoms with van der Waals surface area (Å²) in [4.78, 5) is 0. The van der Waals surface area contributed by atoms with Crippen LogP contribution in [0.5, 0.6) is 0 Å². The second kappa shape index (κ2) is 10.3. The molecule has 2 atom stereocenters. The van der Waals surface area contributed by atoms with E-state index < -0.39 is 21.5 Å². The van der Waals surface area contributed by atoms with Crippen LogP contribution in [0.4, 0.5) is 0 Å². The van der Waals surface area contributed by atoms with Crippen molar-refractivity contribution in [3.63, 3.8) is 0 Å². The second-order valence-corrected chi connectivity index (χ2v) is 51.9. The molecule has 0 aromatic carbocycles. The normalized spacial score (nSPS) is 24.0. The molecule has 0 saturated carbocycles. The zero-order valence-electron chi connectivity index (χ0n) is 19.0. The van der Waals surface area contributed by atoms with Crippen LogP contribution in [-0.2, 0) is 15.6 Å². The van der Waals surface area contributed by atoms with Crippen LogP contribution in [-0.4, -0.2) is 5.92 Å². The first-order valence-corrected chi connectivity index (χ1v) is 27.9. The number of halogens is 2. The van der Waals surface area contributed by atoms with Gasteiger partial charge >= 0.3 is 185 Å². The van der Waals surface area contributed by atoms with Crippen molar-refractivity contribution in [3.8, 4) is 0 Å². The summed E-state index contributed by atoms with van der Waals surface area (Å²) in [6, 6.07) is 0. The van der Waals surface area contributed by atoms with Gasteiger partial charge in [0.25, 0.3) is 0 Å². The maximum absolute atomic E-state index is 8.00. The third-order valence-corrected chi connectivity index (χ3v) is 59.3. The molecule has 0 nitrogen and oxygen atoms in total. The third kappa shape index (κ3) is 4.76. The topological polar surface area (TPSA) is 0 Å². The van der Waals surface area contributed by atoms with Crippen LogP contribution >= 0.6 is 17.0 Å². The molecule has 0 fully saturated rings. The van der Waals surface area contributed by atoms with Crippen LogP contribution in [0.1, 0.15) is 79.1 Å². The zero-order chi connectivity index (χ0) is 21.0. The Hall–Kier alpha value is 0.640. The SMILES string of the molecule is CCCCC1=CC(CC)=C[CH]1[Zr]([Cl])([Cl])([CH]1C=C(CC)C=C1CCCC)[SiH](C)C. The molecule has 2 rings (SSSR count). The number of allylic oxidation sites excluding steroid dienone is 8. The summed E-state index contributed by atoms with van der Waals surface area (Å²) in [7, 11) is 16.0. The van der Waals surface area contributed by atoms with Crippen molar-refractivity contribution in [2.45, 2.75) is 99.4 Å². The van der Waals surface area contributed by atoms with Gasteiger partial charge in [0.1, 0.15) is 0 Å². The van der Waals surface area contributed by atoms with E-state index in [1.807, 2.05) is 0 Å². The van der Waals surface area contributed by atoms with Crippen LogP contribution in [0.25, 0.3) is 0 Å². The molecular weight excluding hydrogens is 478 g/mol. The van der Waals surface area contributed by atoms with Gasteiger partial charge in [0, 0.05) is 0 Å². The van der Waals surface area contributed by atoms with Gasteiger partial charge in [0.05, 0.1) is 0 Å². The molecule has 2 aliphatic rings. The van der Waals surface area contributed by atoms with Crippen LogP contribution in [0.15, 0.2) is 46.6 Å². The fourth-order valence-corrected chi connectivity index (χ4v) is 33.7. The van der Waals surface area contributed by atoms with E-state index in [2.05, 4.69) is 65.1 Å². The Kier molecular flexibility index (Phi) is 9.16. The summed E-state index contributed by atoms with van der Waals surface area (Å²) >= 11 is -4.16. The Morgan fingerprint density at radius 2 is 1.18 bits per heavy atom. The molecule has 0 aliphatic heterocycles. The van der Waals surface area contributed by atoms with Crippen LogP contribution in [0.3, 0.4) is 0 Å². The van der Waals surface area contributed by atoms with Gasteiger partial charge in [-0.15, -0.1) is 0 Å². The van der Waals surface area contributed by atoms with E-state index in [1.165, 1.54) is 36.8 Å². The fraction of sp³-hybridized carbons (Fsp3) is 0.667. The third-order valence-electron chi connectivity index (χ3n) is 7.05. The molecule has 28 heavy (non-hydrogen) atoms. The first-order valence-electron chi connectivity index (χ1n) is 11.6. The van der Waals surface area contributed by atoms with Crippen molar-refractivity contribution in [2.75, 3.05) is 0 Å². The first-order chi connectivity index (χ1) is 13.2. The van der Waals surface area contributed by atoms with Gasteiger partial charge in [0.2, 0.25) is 0 Å². The van der Waals surface area contributed by atoms with Gasteiger partial charge in [-0.2, -0.15) is 0 Å². The van der Waals surface area contributed by atoms with Crippen LogP contribution < -0.4 is 0 Å². The molecule has 2 aliphatic carbocycles. The molecule has 0 N–H and O–H groups in total. The van der Waals surface area contributed by atoms with Gasteiger partial charge < -0.3 is 0 Å². The summed E-state index contributed by atoms with van der Waals surface area (Å²) in [5.74, 6) is -1.27. The Morgan fingerprint density at radius 1 is 0.786 bits per heavy atom. The average Bonchev–Trinajstić information content (AvgIpc) is 3.29. The van der Waals surface area contributed by atoms with E-state index in [0.717, 1.165) is 25.7 Å². The van der Waals surface area contributed by atoms with Crippen molar-refractivity contribution in [2.24, 2.45) is 0 Å². The van der Waals surface area contributed by atoms with Crippen molar-refractivity contribution in [1.29, 1.82) is 0 Å². The molecular formula is C24H41Cl2SiZr. The molecule has 4 heteroatoms. The molecule has 0 heterocycles. The van der Waals surface area contributed by atoms with Gasteiger partial charge in [-0.1, -0.05) is 0 Å².